The molecule has 1 heterocycles. The highest BCUT2D eigenvalue weighted by molar-refractivity contribution is 7.89. The van der Waals surface area contributed by atoms with Crippen LogP contribution in [0.4, 0.5) is 0 Å². The number of hydrogen-bond donors (Lipinski definition) is 2. The Hall–Kier alpha value is -0.850. The predicted octanol–water partition coefficient (Wildman–Crippen LogP) is 1.78. The second-order valence-electron chi connectivity index (χ2n) is 5.98. The molecular formula is C14H22N2O3S. The van der Waals surface area contributed by atoms with Crippen molar-refractivity contribution >= 4 is 10.0 Å². The SMILES string of the molecule is CCCC1CC1NS(=O)(=O)c1cc(CO)n(C2CC2)c1. The zero-order valence-electron chi connectivity index (χ0n) is 11.7. The van der Waals surface area contributed by atoms with Gasteiger partial charge in [0.2, 0.25) is 10.0 Å². The second kappa shape index (κ2) is 5.16. The van der Waals surface area contributed by atoms with Crippen LogP contribution < -0.4 is 4.72 Å². The summed E-state index contributed by atoms with van der Waals surface area (Å²) in [5.41, 5.74) is 0.689. The van der Waals surface area contributed by atoms with Crippen LogP contribution in [-0.4, -0.2) is 24.1 Å². The number of sulfonamides is 1. The number of aliphatic hydroxyl groups is 1. The van der Waals surface area contributed by atoms with E-state index in [-0.39, 0.29) is 17.5 Å². The fraction of sp³-hybridized carbons (Fsp3) is 0.714. The maximum absolute atomic E-state index is 12.4. The summed E-state index contributed by atoms with van der Waals surface area (Å²) >= 11 is 0. The highest BCUT2D eigenvalue weighted by Gasteiger charge is 2.39. The maximum Gasteiger partial charge on any atom is 0.242 e. The van der Waals surface area contributed by atoms with E-state index in [2.05, 4.69) is 11.6 Å². The smallest absolute Gasteiger partial charge is 0.242 e. The summed E-state index contributed by atoms with van der Waals surface area (Å²) in [6.45, 7) is 2.00. The molecule has 0 saturated heterocycles. The van der Waals surface area contributed by atoms with Crippen LogP contribution in [-0.2, 0) is 16.6 Å². The van der Waals surface area contributed by atoms with Crippen molar-refractivity contribution in [2.75, 3.05) is 0 Å². The lowest BCUT2D eigenvalue weighted by Crippen LogP contribution is -2.26. The van der Waals surface area contributed by atoms with Crippen LogP contribution in [0.3, 0.4) is 0 Å². The minimum atomic E-state index is -3.45. The van der Waals surface area contributed by atoms with E-state index >= 15 is 0 Å². The van der Waals surface area contributed by atoms with Gasteiger partial charge in [0.15, 0.2) is 0 Å². The summed E-state index contributed by atoms with van der Waals surface area (Å²) in [7, 11) is -3.45. The average Bonchev–Trinajstić information content (AvgIpc) is 3.31. The third kappa shape index (κ3) is 2.77. The van der Waals surface area contributed by atoms with Crippen LogP contribution in [0.25, 0.3) is 0 Å². The van der Waals surface area contributed by atoms with Gasteiger partial charge in [-0.15, -0.1) is 0 Å². The van der Waals surface area contributed by atoms with Crippen molar-refractivity contribution in [3.05, 3.63) is 18.0 Å². The summed E-state index contributed by atoms with van der Waals surface area (Å²) < 4.78 is 29.4. The first kappa shape index (κ1) is 14.1. The molecule has 2 N–H and O–H groups in total. The van der Waals surface area contributed by atoms with Gasteiger partial charge < -0.3 is 9.67 Å². The van der Waals surface area contributed by atoms with Crippen LogP contribution in [0.5, 0.6) is 0 Å². The van der Waals surface area contributed by atoms with Gasteiger partial charge in [0.25, 0.3) is 0 Å². The first-order valence-corrected chi connectivity index (χ1v) is 8.87. The van der Waals surface area contributed by atoms with Crippen molar-refractivity contribution in [1.29, 1.82) is 0 Å². The molecule has 20 heavy (non-hydrogen) atoms. The maximum atomic E-state index is 12.4. The molecule has 0 radical (unpaired) electrons. The third-order valence-corrected chi connectivity index (χ3v) is 5.66. The number of hydrogen-bond acceptors (Lipinski definition) is 3. The van der Waals surface area contributed by atoms with Crippen LogP contribution in [0.2, 0.25) is 0 Å². The van der Waals surface area contributed by atoms with Gasteiger partial charge in [0.1, 0.15) is 0 Å². The fourth-order valence-corrected chi connectivity index (χ4v) is 4.18. The van der Waals surface area contributed by atoms with Crippen molar-refractivity contribution in [1.82, 2.24) is 9.29 Å². The molecule has 3 rings (SSSR count). The summed E-state index contributed by atoms with van der Waals surface area (Å²) in [6, 6.07) is 2.06. The van der Waals surface area contributed by atoms with Crippen LogP contribution in [0, 0.1) is 5.92 Å². The van der Waals surface area contributed by atoms with Gasteiger partial charge in [-0.3, -0.25) is 0 Å². The standard InChI is InChI=1S/C14H22N2O3S/c1-2-3-10-6-14(10)15-20(18,19)13-7-12(9-17)16(8-13)11-4-5-11/h7-8,10-11,14-15,17H,2-6,9H2,1H3. The Kier molecular flexibility index (Phi) is 3.64. The molecule has 0 amide bonds. The van der Waals surface area contributed by atoms with Crippen LogP contribution in [0.1, 0.15) is 50.8 Å². The molecule has 0 aliphatic heterocycles. The monoisotopic (exact) mass is 298 g/mol. The molecule has 6 heteroatoms. The van der Waals surface area contributed by atoms with Gasteiger partial charge in [-0.05, 0) is 37.7 Å². The van der Waals surface area contributed by atoms with Gasteiger partial charge in [-0.1, -0.05) is 13.3 Å². The normalized spacial score (nSPS) is 25.9. The predicted molar refractivity (Wildman–Crippen MR) is 75.8 cm³/mol. The lowest BCUT2D eigenvalue weighted by atomic mass is 10.2. The molecule has 2 unspecified atom stereocenters. The molecular weight excluding hydrogens is 276 g/mol. The zero-order chi connectivity index (χ0) is 14.3. The molecule has 1 aromatic heterocycles. The van der Waals surface area contributed by atoms with Crippen molar-refractivity contribution in [2.24, 2.45) is 5.92 Å². The molecule has 2 atom stereocenters. The molecule has 0 aromatic carbocycles. The highest BCUT2D eigenvalue weighted by Crippen LogP contribution is 2.38. The summed E-state index contributed by atoms with van der Waals surface area (Å²) in [5.74, 6) is 0.498. The highest BCUT2D eigenvalue weighted by atomic mass is 32.2. The molecule has 2 fully saturated rings. The van der Waals surface area contributed by atoms with Gasteiger partial charge in [-0.2, -0.15) is 0 Å². The van der Waals surface area contributed by atoms with E-state index < -0.39 is 10.0 Å². The molecule has 2 saturated carbocycles. The zero-order valence-corrected chi connectivity index (χ0v) is 12.6. The topological polar surface area (TPSA) is 71.3 Å². The van der Waals surface area contributed by atoms with Gasteiger partial charge >= 0.3 is 0 Å². The average molecular weight is 298 g/mol. The third-order valence-electron chi connectivity index (χ3n) is 4.21. The lowest BCUT2D eigenvalue weighted by molar-refractivity contribution is 0.270. The van der Waals surface area contributed by atoms with Crippen molar-refractivity contribution < 1.29 is 13.5 Å². The van der Waals surface area contributed by atoms with E-state index in [4.69, 9.17) is 0 Å². The van der Waals surface area contributed by atoms with Crippen LogP contribution in [0.15, 0.2) is 17.2 Å². The van der Waals surface area contributed by atoms with E-state index in [1.54, 1.807) is 12.3 Å². The Bertz CT molecular complexity index is 590. The molecule has 2 aliphatic carbocycles. The van der Waals surface area contributed by atoms with Crippen molar-refractivity contribution in [3.8, 4) is 0 Å². The number of rotatable bonds is 7. The molecule has 0 spiro atoms. The van der Waals surface area contributed by atoms with Crippen molar-refractivity contribution in [2.45, 2.75) is 62.6 Å². The van der Waals surface area contributed by atoms with Gasteiger partial charge in [0.05, 0.1) is 11.5 Å². The quantitative estimate of drug-likeness (QED) is 0.806. The summed E-state index contributed by atoms with van der Waals surface area (Å²) in [6.07, 6.45) is 6.92. The van der Waals surface area contributed by atoms with E-state index in [0.29, 0.717) is 17.7 Å². The van der Waals surface area contributed by atoms with E-state index in [0.717, 1.165) is 32.1 Å². The van der Waals surface area contributed by atoms with Gasteiger partial charge in [-0.25, -0.2) is 13.1 Å². The number of aromatic nitrogens is 1. The second-order valence-corrected chi connectivity index (χ2v) is 7.69. The van der Waals surface area contributed by atoms with E-state index in [1.807, 2.05) is 4.57 Å². The largest absolute Gasteiger partial charge is 0.390 e. The minimum Gasteiger partial charge on any atom is -0.390 e. The number of nitrogens with one attached hydrogen (secondary N) is 1. The van der Waals surface area contributed by atoms with Gasteiger partial charge in [0, 0.05) is 24.0 Å². The Morgan fingerprint density at radius 3 is 2.80 bits per heavy atom. The number of nitrogens with zero attached hydrogens (tertiary/aromatic N) is 1. The Morgan fingerprint density at radius 1 is 1.45 bits per heavy atom. The van der Waals surface area contributed by atoms with E-state index in [9.17, 15) is 13.5 Å². The van der Waals surface area contributed by atoms with Crippen LogP contribution >= 0.6 is 0 Å². The number of aliphatic hydroxyl groups excluding tert-OH is 1. The Labute approximate surface area is 120 Å². The molecule has 2 aliphatic rings. The first-order valence-electron chi connectivity index (χ1n) is 7.39. The minimum absolute atomic E-state index is 0.0989. The Morgan fingerprint density at radius 2 is 2.20 bits per heavy atom. The summed E-state index contributed by atoms with van der Waals surface area (Å²) in [4.78, 5) is 0.288. The molecule has 5 nitrogen and oxygen atoms in total. The Balaban J connectivity index is 1.74. The molecule has 1 aromatic rings. The summed E-state index contributed by atoms with van der Waals surface area (Å²) in [5, 5.41) is 9.34. The molecule has 112 valence electrons. The van der Waals surface area contributed by atoms with Crippen molar-refractivity contribution in [3.63, 3.8) is 0 Å². The lowest BCUT2D eigenvalue weighted by Gasteiger charge is -2.04. The molecule has 0 bridgehead atoms. The first-order chi connectivity index (χ1) is 9.55. The van der Waals surface area contributed by atoms with E-state index in [1.165, 1.54) is 0 Å². The fourth-order valence-electron chi connectivity index (χ4n) is 2.81.